The second-order valence-corrected chi connectivity index (χ2v) is 8.90. The number of ether oxygens (including phenoxy) is 3. The molecule has 0 radical (unpaired) electrons. The number of nitrogens with zero attached hydrogens (tertiary/aromatic N) is 1. The zero-order valence-corrected chi connectivity index (χ0v) is 21.1. The predicted molar refractivity (Wildman–Crippen MR) is 133 cm³/mol. The SMILES string of the molecule is COc1ccc(C(=O)N2CC(=O)Nc3ccc(Br)cc3[C@@H]2c2cccc(Cl)c2)c(OC)c1OC. The first-order chi connectivity index (χ1) is 16.4. The average molecular weight is 546 g/mol. The van der Waals surface area contributed by atoms with Crippen molar-refractivity contribution < 1.29 is 23.8 Å². The molecule has 34 heavy (non-hydrogen) atoms. The molecule has 0 unspecified atom stereocenters. The quantitative estimate of drug-likeness (QED) is 0.470. The van der Waals surface area contributed by atoms with Crippen molar-refractivity contribution in [1.82, 2.24) is 4.90 Å². The van der Waals surface area contributed by atoms with Gasteiger partial charge in [0, 0.05) is 20.7 Å². The van der Waals surface area contributed by atoms with Crippen molar-refractivity contribution >= 4 is 45.0 Å². The molecule has 0 aromatic heterocycles. The van der Waals surface area contributed by atoms with Gasteiger partial charge in [0.1, 0.15) is 6.54 Å². The van der Waals surface area contributed by atoms with Gasteiger partial charge in [0.25, 0.3) is 5.91 Å². The van der Waals surface area contributed by atoms with Crippen LogP contribution in [0.15, 0.2) is 59.1 Å². The number of rotatable bonds is 5. The number of benzene rings is 3. The third-order valence-corrected chi connectivity index (χ3v) is 6.30. The van der Waals surface area contributed by atoms with Gasteiger partial charge >= 0.3 is 0 Å². The second kappa shape index (κ2) is 9.95. The largest absolute Gasteiger partial charge is 0.493 e. The maximum Gasteiger partial charge on any atom is 0.259 e. The van der Waals surface area contributed by atoms with Crippen LogP contribution in [0.25, 0.3) is 0 Å². The minimum absolute atomic E-state index is 0.181. The van der Waals surface area contributed by atoms with Crippen LogP contribution < -0.4 is 19.5 Å². The monoisotopic (exact) mass is 544 g/mol. The number of carbonyl (C=O) groups is 2. The summed E-state index contributed by atoms with van der Waals surface area (Å²) in [5.74, 6) is 0.199. The first kappa shape index (κ1) is 23.9. The molecular weight excluding hydrogens is 524 g/mol. The maximum atomic E-state index is 14.0. The predicted octanol–water partition coefficient (Wildman–Crippen LogP) is 5.31. The van der Waals surface area contributed by atoms with Crippen LogP contribution >= 0.6 is 27.5 Å². The van der Waals surface area contributed by atoms with Gasteiger partial charge in [-0.1, -0.05) is 39.7 Å². The lowest BCUT2D eigenvalue weighted by atomic mass is 9.95. The number of anilines is 1. The first-order valence-corrected chi connectivity index (χ1v) is 11.5. The zero-order valence-electron chi connectivity index (χ0n) is 18.7. The van der Waals surface area contributed by atoms with E-state index in [4.69, 9.17) is 25.8 Å². The fourth-order valence-corrected chi connectivity index (χ4v) is 4.70. The van der Waals surface area contributed by atoms with Crippen LogP contribution in [0.2, 0.25) is 5.02 Å². The Morgan fingerprint density at radius 1 is 1.03 bits per heavy atom. The molecule has 0 saturated carbocycles. The van der Waals surface area contributed by atoms with Gasteiger partial charge in [-0.25, -0.2) is 0 Å². The molecule has 1 heterocycles. The summed E-state index contributed by atoms with van der Waals surface area (Å²) in [7, 11) is 4.42. The van der Waals surface area contributed by atoms with Gasteiger partial charge in [0.15, 0.2) is 11.5 Å². The van der Waals surface area contributed by atoms with Gasteiger partial charge in [-0.05, 0) is 48.0 Å². The van der Waals surface area contributed by atoms with Gasteiger partial charge in [-0.15, -0.1) is 0 Å². The molecule has 1 aliphatic heterocycles. The summed E-state index contributed by atoms with van der Waals surface area (Å²) in [5.41, 5.74) is 2.36. The second-order valence-electron chi connectivity index (χ2n) is 7.55. The summed E-state index contributed by atoms with van der Waals surface area (Å²) in [5, 5.41) is 3.43. The maximum absolute atomic E-state index is 14.0. The molecule has 4 rings (SSSR count). The number of halogens is 2. The van der Waals surface area contributed by atoms with E-state index in [1.54, 1.807) is 30.3 Å². The standard InChI is InChI=1S/C25H22BrClN2O5/c1-32-20-10-8-17(23(33-2)24(20)34-3)25(31)29-13-21(30)28-19-9-7-15(26)12-18(19)22(29)14-5-4-6-16(27)11-14/h4-12,22H,13H2,1-3H3,(H,28,30)/t22-/m0/s1. The Bertz CT molecular complexity index is 1270. The molecule has 1 N–H and O–H groups in total. The van der Waals surface area contributed by atoms with Crippen molar-refractivity contribution in [2.75, 3.05) is 33.2 Å². The Hall–Kier alpha value is -3.23. The van der Waals surface area contributed by atoms with Crippen LogP contribution in [-0.2, 0) is 4.79 Å². The summed E-state index contributed by atoms with van der Waals surface area (Å²) in [6, 6.07) is 15.4. The first-order valence-electron chi connectivity index (χ1n) is 10.3. The highest BCUT2D eigenvalue weighted by Gasteiger charge is 2.36. The number of hydrogen-bond donors (Lipinski definition) is 1. The molecule has 1 aliphatic rings. The van der Waals surface area contributed by atoms with Gasteiger partial charge in [0.05, 0.1) is 32.9 Å². The normalized spacial score (nSPS) is 15.1. The molecular formula is C25H22BrClN2O5. The molecule has 3 aromatic rings. The zero-order chi connectivity index (χ0) is 24.4. The van der Waals surface area contributed by atoms with E-state index in [1.807, 2.05) is 24.3 Å². The molecule has 9 heteroatoms. The van der Waals surface area contributed by atoms with E-state index in [1.165, 1.54) is 26.2 Å². The minimum Gasteiger partial charge on any atom is -0.493 e. The topological polar surface area (TPSA) is 77.1 Å². The number of methoxy groups -OCH3 is 3. The molecule has 0 spiro atoms. The minimum atomic E-state index is -0.601. The summed E-state index contributed by atoms with van der Waals surface area (Å²) >= 11 is 9.82. The van der Waals surface area contributed by atoms with Crippen LogP contribution in [0.1, 0.15) is 27.5 Å². The highest BCUT2D eigenvalue weighted by atomic mass is 79.9. The average Bonchev–Trinajstić information content (AvgIpc) is 2.97. The number of hydrogen-bond acceptors (Lipinski definition) is 5. The molecule has 1 atom stereocenters. The van der Waals surface area contributed by atoms with Crippen LogP contribution in [-0.4, -0.2) is 44.6 Å². The van der Waals surface area contributed by atoms with E-state index in [9.17, 15) is 9.59 Å². The molecule has 7 nitrogen and oxygen atoms in total. The molecule has 0 bridgehead atoms. The summed E-state index contributed by atoms with van der Waals surface area (Å²) < 4.78 is 17.2. The van der Waals surface area contributed by atoms with Crippen molar-refractivity contribution in [2.45, 2.75) is 6.04 Å². The third kappa shape index (κ3) is 4.43. The number of carbonyl (C=O) groups excluding carboxylic acids is 2. The van der Waals surface area contributed by atoms with Crippen LogP contribution in [0.5, 0.6) is 17.2 Å². The van der Waals surface area contributed by atoms with Crippen molar-refractivity contribution in [3.63, 3.8) is 0 Å². The van der Waals surface area contributed by atoms with Crippen LogP contribution in [0.4, 0.5) is 5.69 Å². The summed E-state index contributed by atoms with van der Waals surface area (Å²) in [6.45, 7) is -0.181. The number of fused-ring (bicyclic) bond motifs is 1. The smallest absolute Gasteiger partial charge is 0.259 e. The van der Waals surface area contributed by atoms with Gasteiger partial charge in [0.2, 0.25) is 11.7 Å². The fraction of sp³-hybridized carbons (Fsp3) is 0.200. The van der Waals surface area contributed by atoms with Crippen LogP contribution in [0.3, 0.4) is 0 Å². The van der Waals surface area contributed by atoms with E-state index >= 15 is 0 Å². The third-order valence-electron chi connectivity index (χ3n) is 5.57. The van der Waals surface area contributed by atoms with E-state index in [0.29, 0.717) is 16.5 Å². The van der Waals surface area contributed by atoms with Crippen LogP contribution in [0, 0.1) is 0 Å². The van der Waals surface area contributed by atoms with E-state index in [2.05, 4.69) is 21.2 Å². The Morgan fingerprint density at radius 2 is 1.79 bits per heavy atom. The summed E-state index contributed by atoms with van der Waals surface area (Å²) in [6.07, 6.45) is 0. The van der Waals surface area contributed by atoms with Gasteiger partial charge < -0.3 is 24.4 Å². The highest BCUT2D eigenvalue weighted by molar-refractivity contribution is 9.10. The van der Waals surface area contributed by atoms with Crippen molar-refractivity contribution in [2.24, 2.45) is 0 Å². The molecule has 3 aromatic carbocycles. The van der Waals surface area contributed by atoms with Gasteiger partial charge in [-0.3, -0.25) is 9.59 Å². The van der Waals surface area contributed by atoms with E-state index in [0.717, 1.165) is 15.6 Å². The lowest BCUT2D eigenvalue weighted by Crippen LogP contribution is -2.39. The fourth-order valence-electron chi connectivity index (χ4n) is 4.13. The Morgan fingerprint density at radius 3 is 2.47 bits per heavy atom. The lowest BCUT2D eigenvalue weighted by molar-refractivity contribution is -0.117. The highest BCUT2D eigenvalue weighted by Crippen LogP contribution is 2.43. The summed E-state index contributed by atoms with van der Waals surface area (Å²) in [4.78, 5) is 28.4. The van der Waals surface area contributed by atoms with E-state index in [-0.39, 0.29) is 29.5 Å². The molecule has 0 aliphatic carbocycles. The number of nitrogens with one attached hydrogen (secondary N) is 1. The Labute approximate surface area is 210 Å². The molecule has 2 amide bonds. The molecule has 0 saturated heterocycles. The molecule has 176 valence electrons. The Kier molecular flexibility index (Phi) is 7.00. The number of amides is 2. The van der Waals surface area contributed by atoms with Crippen molar-refractivity contribution in [3.05, 3.63) is 80.8 Å². The lowest BCUT2D eigenvalue weighted by Gasteiger charge is -2.31. The van der Waals surface area contributed by atoms with Crippen molar-refractivity contribution in [1.29, 1.82) is 0 Å². The van der Waals surface area contributed by atoms with E-state index < -0.39 is 11.9 Å². The Balaban J connectivity index is 1.93. The van der Waals surface area contributed by atoms with Crippen molar-refractivity contribution in [3.8, 4) is 17.2 Å². The molecule has 0 fully saturated rings. The van der Waals surface area contributed by atoms with Gasteiger partial charge in [-0.2, -0.15) is 0 Å².